The van der Waals surface area contributed by atoms with E-state index in [4.69, 9.17) is 29.2 Å². The molecule has 2 heterocycles. The quantitative estimate of drug-likeness (QED) is 0.553. The van der Waals surface area contributed by atoms with Gasteiger partial charge in [0.1, 0.15) is 10.4 Å². The Labute approximate surface area is 94.1 Å². The zero-order valence-corrected chi connectivity index (χ0v) is 10.1. The average Bonchev–Trinajstić information content (AvgIpc) is 2.62. The van der Waals surface area contributed by atoms with Gasteiger partial charge in [-0.1, -0.05) is 32.9 Å². The molecule has 13 heavy (non-hydrogen) atoms. The van der Waals surface area contributed by atoms with E-state index in [1.54, 1.807) is 20.7 Å². The lowest BCUT2D eigenvalue weighted by atomic mass is 10.2. The lowest BCUT2D eigenvalue weighted by Crippen LogP contribution is -1.94. The van der Waals surface area contributed by atoms with Crippen LogP contribution < -0.4 is 0 Å². The summed E-state index contributed by atoms with van der Waals surface area (Å²) in [5, 5.41) is 0.604. The van der Waals surface area contributed by atoms with Gasteiger partial charge in [-0.15, -0.1) is 0 Å². The van der Waals surface area contributed by atoms with Gasteiger partial charge in [-0.05, 0) is 30.8 Å². The fraction of sp³-hybridized carbons (Fsp3) is 0.250. The molecule has 2 rings (SSSR count). The van der Waals surface area contributed by atoms with Gasteiger partial charge >= 0.3 is 0 Å². The third-order valence-corrected chi connectivity index (χ3v) is 5.51. The summed E-state index contributed by atoms with van der Waals surface area (Å²) in [5.74, 6) is 0. The number of hydrogen-bond donors (Lipinski definition) is 0. The second kappa shape index (κ2) is 3.57. The molecular weight excluding hydrogens is 240 g/mol. The molecule has 68 valence electrons. The minimum absolute atomic E-state index is 0.600. The number of hydrogen-bond acceptors (Lipinski definition) is 5. The average molecular weight is 246 g/mol. The minimum Gasteiger partial charge on any atom is -0.479 e. The first-order valence-electron chi connectivity index (χ1n) is 3.67. The maximum Gasteiger partial charge on any atom is 0.192 e. The molecule has 1 nitrogen and oxygen atoms in total. The highest BCUT2D eigenvalue weighted by molar-refractivity contribution is 7.81. The molecule has 1 aromatic heterocycles. The molecule has 0 bridgehead atoms. The van der Waals surface area contributed by atoms with Gasteiger partial charge in [0.25, 0.3) is 0 Å². The molecule has 0 amide bonds. The topological polar surface area (TPSA) is 9.23 Å². The van der Waals surface area contributed by atoms with E-state index < -0.39 is 0 Å². The molecule has 0 saturated carbocycles. The fourth-order valence-electron chi connectivity index (χ4n) is 1.09. The van der Waals surface area contributed by atoms with Gasteiger partial charge in [-0.2, -0.15) is 0 Å². The Morgan fingerprint density at radius 1 is 1.38 bits per heavy atom. The lowest BCUT2D eigenvalue weighted by Gasteiger charge is -1.98. The zero-order valence-electron chi connectivity index (χ0n) is 6.83. The van der Waals surface area contributed by atoms with E-state index >= 15 is 0 Å². The van der Waals surface area contributed by atoms with Gasteiger partial charge in [0.15, 0.2) is 5.05 Å². The van der Waals surface area contributed by atoms with Crippen LogP contribution in [0.4, 0.5) is 0 Å². The van der Waals surface area contributed by atoms with Crippen LogP contribution in [-0.4, -0.2) is 11.7 Å². The van der Waals surface area contributed by atoms with Crippen molar-refractivity contribution < 1.29 is 4.74 Å². The largest absolute Gasteiger partial charge is 0.479 e. The van der Waals surface area contributed by atoms with E-state index in [0.29, 0.717) is 11.7 Å². The van der Waals surface area contributed by atoms with E-state index in [0.717, 1.165) is 15.0 Å². The maximum atomic E-state index is 5.20. The standard InChI is InChI=1S/C8H6OS4/c1-4-6(12-13-8(4)11)5-2-3-9-7(5)10/h2H,3H2,1H3. The van der Waals surface area contributed by atoms with Crippen LogP contribution in [0.5, 0.6) is 0 Å². The van der Waals surface area contributed by atoms with Gasteiger partial charge in [0.05, 0.1) is 4.88 Å². The van der Waals surface area contributed by atoms with E-state index in [1.165, 1.54) is 4.88 Å². The molecule has 0 atom stereocenters. The zero-order chi connectivity index (χ0) is 9.42. The van der Waals surface area contributed by atoms with Crippen LogP contribution >= 0.6 is 45.1 Å². The van der Waals surface area contributed by atoms with Gasteiger partial charge < -0.3 is 4.74 Å². The molecule has 1 aliphatic heterocycles. The van der Waals surface area contributed by atoms with Crippen molar-refractivity contribution in [1.29, 1.82) is 0 Å². The summed E-state index contributed by atoms with van der Waals surface area (Å²) in [6, 6.07) is 0. The predicted molar refractivity (Wildman–Crippen MR) is 64.3 cm³/mol. The Kier molecular flexibility index (Phi) is 2.60. The van der Waals surface area contributed by atoms with Gasteiger partial charge in [-0.3, -0.25) is 0 Å². The van der Waals surface area contributed by atoms with Crippen molar-refractivity contribution in [3.05, 3.63) is 20.3 Å². The fourth-order valence-corrected chi connectivity index (χ4v) is 4.32. The predicted octanol–water partition coefficient (Wildman–Crippen LogP) is 3.59. The number of rotatable bonds is 1. The van der Waals surface area contributed by atoms with Crippen molar-refractivity contribution >= 4 is 55.7 Å². The summed E-state index contributed by atoms with van der Waals surface area (Å²) in [4.78, 5) is 1.18. The summed E-state index contributed by atoms with van der Waals surface area (Å²) >= 11 is 10.2. The van der Waals surface area contributed by atoms with Crippen LogP contribution in [-0.2, 0) is 4.74 Å². The maximum absolute atomic E-state index is 5.20. The van der Waals surface area contributed by atoms with Crippen LogP contribution in [0.2, 0.25) is 0 Å². The highest BCUT2D eigenvalue weighted by Gasteiger charge is 2.18. The molecule has 1 aromatic rings. The molecule has 0 aliphatic carbocycles. The molecule has 0 N–H and O–H groups in total. The summed E-state index contributed by atoms with van der Waals surface area (Å²) in [5.41, 5.74) is 2.20. The third-order valence-electron chi connectivity index (χ3n) is 1.81. The number of ether oxygens (including phenoxy) is 1. The van der Waals surface area contributed by atoms with E-state index in [9.17, 15) is 0 Å². The Bertz CT molecular complexity index is 437. The lowest BCUT2D eigenvalue weighted by molar-refractivity contribution is 0.376. The van der Waals surface area contributed by atoms with E-state index in [-0.39, 0.29) is 0 Å². The van der Waals surface area contributed by atoms with E-state index in [2.05, 4.69) is 0 Å². The van der Waals surface area contributed by atoms with Crippen LogP contribution in [0.3, 0.4) is 0 Å². The molecule has 0 radical (unpaired) electrons. The second-order valence-electron chi connectivity index (χ2n) is 2.62. The summed E-state index contributed by atoms with van der Waals surface area (Å²) in [6.07, 6.45) is 2.02. The van der Waals surface area contributed by atoms with Crippen molar-refractivity contribution in [2.45, 2.75) is 6.92 Å². The Morgan fingerprint density at radius 3 is 2.62 bits per heavy atom. The van der Waals surface area contributed by atoms with E-state index in [1.807, 2.05) is 13.0 Å². The van der Waals surface area contributed by atoms with Crippen LogP contribution in [0.25, 0.3) is 5.57 Å². The molecule has 1 aliphatic rings. The summed E-state index contributed by atoms with van der Waals surface area (Å²) in [7, 11) is 3.30. The number of thiocarbonyl (C=S) groups is 1. The van der Waals surface area contributed by atoms with Crippen LogP contribution in [0.15, 0.2) is 6.08 Å². The van der Waals surface area contributed by atoms with Crippen LogP contribution in [0, 0.1) is 10.7 Å². The molecule has 0 saturated heterocycles. The first-order chi connectivity index (χ1) is 6.20. The Balaban J connectivity index is 2.52. The smallest absolute Gasteiger partial charge is 0.192 e. The molecule has 0 fully saturated rings. The van der Waals surface area contributed by atoms with Crippen molar-refractivity contribution in [1.82, 2.24) is 0 Å². The highest BCUT2D eigenvalue weighted by atomic mass is 32.9. The first-order valence-corrected chi connectivity index (χ1v) is 6.64. The highest BCUT2D eigenvalue weighted by Crippen LogP contribution is 2.33. The summed E-state index contributed by atoms with van der Waals surface area (Å²) < 4.78 is 6.15. The molecule has 0 aromatic carbocycles. The monoisotopic (exact) mass is 246 g/mol. The third kappa shape index (κ3) is 1.61. The minimum atomic E-state index is 0.600. The van der Waals surface area contributed by atoms with Crippen LogP contribution in [0.1, 0.15) is 10.4 Å². The van der Waals surface area contributed by atoms with Crippen molar-refractivity contribution in [3.63, 3.8) is 0 Å². The van der Waals surface area contributed by atoms with Crippen molar-refractivity contribution in [3.8, 4) is 0 Å². The Hall–Kier alpha value is -0.100. The van der Waals surface area contributed by atoms with Gasteiger partial charge in [0.2, 0.25) is 0 Å². The summed E-state index contributed by atoms with van der Waals surface area (Å²) in [6.45, 7) is 2.63. The first kappa shape index (κ1) is 9.45. The molecule has 0 spiro atoms. The molecule has 0 unspecified atom stereocenters. The SMILES string of the molecule is Cc1c(C2=CCOC2=S)ssc1=S. The van der Waals surface area contributed by atoms with Gasteiger partial charge in [0, 0.05) is 5.57 Å². The van der Waals surface area contributed by atoms with Crippen molar-refractivity contribution in [2.24, 2.45) is 0 Å². The second-order valence-corrected chi connectivity index (χ2v) is 5.81. The normalized spacial score (nSPS) is 15.8. The molecular formula is C8H6OS4. The van der Waals surface area contributed by atoms with Gasteiger partial charge in [-0.25, -0.2) is 0 Å². The Morgan fingerprint density at radius 2 is 2.15 bits per heavy atom. The molecule has 5 heteroatoms. The van der Waals surface area contributed by atoms with Crippen molar-refractivity contribution in [2.75, 3.05) is 6.61 Å².